The van der Waals surface area contributed by atoms with Gasteiger partial charge in [0.15, 0.2) is 5.65 Å². The Morgan fingerprint density at radius 3 is 2.41 bits per heavy atom. The summed E-state index contributed by atoms with van der Waals surface area (Å²) in [5.74, 6) is 4.20. The van der Waals surface area contributed by atoms with Crippen LogP contribution in [0.15, 0.2) is 0 Å². The van der Waals surface area contributed by atoms with Crippen LogP contribution in [0.5, 0.6) is 5.88 Å². The summed E-state index contributed by atoms with van der Waals surface area (Å²) in [5, 5.41) is 3.58. The van der Waals surface area contributed by atoms with Gasteiger partial charge < -0.3 is 14.2 Å². The van der Waals surface area contributed by atoms with E-state index in [9.17, 15) is 4.79 Å². The third kappa shape index (κ3) is 7.04. The van der Waals surface area contributed by atoms with Gasteiger partial charge in [-0.05, 0) is 112 Å². The molecule has 4 aliphatic rings. The Morgan fingerprint density at radius 1 is 1.04 bits per heavy atom. The molecule has 0 aromatic carbocycles. The van der Waals surface area contributed by atoms with Crippen molar-refractivity contribution in [1.82, 2.24) is 14.6 Å². The Morgan fingerprint density at radius 2 is 1.76 bits per heavy atom. The van der Waals surface area contributed by atoms with Crippen molar-refractivity contribution in [2.24, 2.45) is 46.8 Å². The molecule has 2 aromatic heterocycles. The number of carbonyl (C=O) groups is 1. The Labute approximate surface area is 295 Å². The van der Waals surface area contributed by atoms with Gasteiger partial charge in [0.25, 0.3) is 5.69 Å². The molecule has 0 saturated heterocycles. The third-order valence-electron chi connectivity index (χ3n) is 13.3. The van der Waals surface area contributed by atoms with E-state index in [1.54, 1.807) is 4.52 Å². The quantitative estimate of drug-likeness (QED) is 0.222. The van der Waals surface area contributed by atoms with Crippen molar-refractivity contribution in [2.45, 2.75) is 163 Å². The maximum Gasteiger partial charge on any atom is 0.332 e. The number of aromatic amines is 1. The lowest BCUT2D eigenvalue weighted by molar-refractivity contribution is -0.139. The van der Waals surface area contributed by atoms with Crippen LogP contribution in [-0.2, 0) is 9.47 Å². The summed E-state index contributed by atoms with van der Waals surface area (Å²) < 4.78 is 21.7. The molecule has 0 aliphatic heterocycles. The van der Waals surface area contributed by atoms with E-state index < -0.39 is 11.6 Å². The number of carbonyl (C=O) groups excluding carboxylic acids is 1. The highest BCUT2D eigenvalue weighted by molar-refractivity contribution is 6.04. The highest BCUT2D eigenvalue weighted by Gasteiger charge is 2.53. The van der Waals surface area contributed by atoms with E-state index >= 15 is 0 Å². The van der Waals surface area contributed by atoms with E-state index in [4.69, 9.17) is 25.8 Å². The zero-order valence-electron chi connectivity index (χ0n) is 31.9. The lowest BCUT2D eigenvalue weighted by Crippen LogP contribution is -2.55. The monoisotopic (exact) mass is 676 g/mol. The predicted molar refractivity (Wildman–Crippen MR) is 194 cm³/mol. The maximum atomic E-state index is 14.8. The second kappa shape index (κ2) is 14.2. The van der Waals surface area contributed by atoms with Crippen LogP contribution in [-0.4, -0.2) is 45.5 Å². The van der Waals surface area contributed by atoms with Gasteiger partial charge in [0.2, 0.25) is 5.88 Å². The zero-order chi connectivity index (χ0) is 35.2. The molecule has 2 heterocycles. The number of rotatable bonds is 8. The van der Waals surface area contributed by atoms with Crippen molar-refractivity contribution in [3.63, 3.8) is 0 Å². The molecule has 0 bridgehead atoms. The normalized spacial score (nSPS) is 35.6. The summed E-state index contributed by atoms with van der Waals surface area (Å²) in [6, 6.07) is 0. The van der Waals surface area contributed by atoms with E-state index in [0.29, 0.717) is 41.1 Å². The number of hydrogen-bond donors (Lipinski definition) is 1. The van der Waals surface area contributed by atoms with Crippen molar-refractivity contribution < 1.29 is 19.0 Å². The molecule has 8 nitrogen and oxygen atoms in total. The van der Waals surface area contributed by atoms with E-state index in [2.05, 4.69) is 65.3 Å². The summed E-state index contributed by atoms with van der Waals surface area (Å²) in [6.45, 7) is 26.5. The molecular weight excluding hydrogens is 612 g/mol. The summed E-state index contributed by atoms with van der Waals surface area (Å²) in [7, 11) is 1.84. The molecule has 8 atom stereocenters. The molecule has 0 spiro atoms. The average Bonchev–Trinajstić information content (AvgIpc) is 3.59. The Kier molecular flexibility index (Phi) is 10.5. The molecule has 6 rings (SSSR count). The standard InChI is InChI=1S/C41H64N4O4/c1-24(2)21-28-22-26(4)23-32(40(5,6)7)41(28,8)49-39(46)33-34(42-9)38(48-29-18-15-25(3)16-19-29)45-37(33)43-36(44-45)31-20-17-27-13-11-12-14-30(27)35(31)47-10/h24-32,35H,11-23H2,1-8,10H3,(H,43,44). The molecule has 2 aromatic rings. The van der Waals surface area contributed by atoms with Crippen molar-refractivity contribution >= 4 is 17.3 Å². The van der Waals surface area contributed by atoms with Gasteiger partial charge in [-0.1, -0.05) is 67.7 Å². The van der Waals surface area contributed by atoms with Crippen LogP contribution in [0.1, 0.15) is 161 Å². The fraction of sp³-hybridized carbons (Fsp3) is 0.829. The average molecular weight is 677 g/mol. The third-order valence-corrected chi connectivity index (χ3v) is 13.3. The van der Waals surface area contributed by atoms with Crippen molar-refractivity contribution in [3.05, 3.63) is 22.8 Å². The van der Waals surface area contributed by atoms with Gasteiger partial charge >= 0.3 is 5.97 Å². The lowest BCUT2D eigenvalue weighted by Gasteiger charge is -2.53. The molecule has 8 heteroatoms. The van der Waals surface area contributed by atoms with Gasteiger partial charge in [-0.15, -0.1) is 0 Å². The summed E-state index contributed by atoms with van der Waals surface area (Å²) in [5.41, 5.74) is 0.170. The number of fused-ring (bicyclic) bond motifs is 2. The Hall–Kier alpha value is -2.53. The molecule has 0 radical (unpaired) electrons. The number of aromatic nitrogens is 3. The van der Waals surface area contributed by atoms with Gasteiger partial charge in [0.1, 0.15) is 17.0 Å². The first-order valence-electron chi connectivity index (χ1n) is 19.7. The molecule has 4 saturated carbocycles. The minimum atomic E-state index is -0.681. The number of hydrogen-bond acceptors (Lipinski definition) is 5. The Bertz CT molecular complexity index is 1500. The number of ether oxygens (including phenoxy) is 3. The van der Waals surface area contributed by atoms with E-state index in [0.717, 1.165) is 57.2 Å². The van der Waals surface area contributed by atoms with Crippen LogP contribution in [0, 0.1) is 53.4 Å². The minimum Gasteiger partial charge on any atom is -0.483 e. The summed E-state index contributed by atoms with van der Waals surface area (Å²) >= 11 is 0. The molecule has 4 aliphatic carbocycles. The van der Waals surface area contributed by atoms with Crippen LogP contribution >= 0.6 is 0 Å². The molecule has 49 heavy (non-hydrogen) atoms. The minimum absolute atomic E-state index is 0.00661. The molecule has 0 amide bonds. The van der Waals surface area contributed by atoms with Crippen LogP contribution in [0.3, 0.4) is 0 Å². The van der Waals surface area contributed by atoms with Gasteiger partial charge in [-0.2, -0.15) is 0 Å². The molecule has 272 valence electrons. The van der Waals surface area contributed by atoms with Crippen molar-refractivity contribution in [3.8, 4) is 5.88 Å². The lowest BCUT2D eigenvalue weighted by atomic mass is 9.56. The van der Waals surface area contributed by atoms with E-state index in [1.165, 1.54) is 32.1 Å². The number of nitrogens with one attached hydrogen (secondary N) is 1. The second-order valence-corrected chi connectivity index (χ2v) is 18.4. The van der Waals surface area contributed by atoms with Crippen molar-refractivity contribution in [1.29, 1.82) is 0 Å². The first-order chi connectivity index (χ1) is 23.2. The number of methoxy groups -OCH3 is 1. The molecule has 4 fully saturated rings. The van der Waals surface area contributed by atoms with Gasteiger partial charge in [0, 0.05) is 18.9 Å². The van der Waals surface area contributed by atoms with Gasteiger partial charge in [-0.3, -0.25) is 5.10 Å². The maximum absolute atomic E-state index is 14.8. The number of nitrogens with zero attached hydrogens (tertiary/aromatic N) is 3. The summed E-state index contributed by atoms with van der Waals surface area (Å²) in [4.78, 5) is 24.0. The zero-order valence-corrected chi connectivity index (χ0v) is 31.9. The Balaban J connectivity index is 1.43. The first kappa shape index (κ1) is 36.3. The van der Waals surface area contributed by atoms with Crippen LogP contribution in [0.25, 0.3) is 10.5 Å². The summed E-state index contributed by atoms with van der Waals surface area (Å²) in [6.07, 6.45) is 14.3. The predicted octanol–water partition coefficient (Wildman–Crippen LogP) is 10.5. The molecular formula is C41H64N4O4. The highest BCUT2D eigenvalue weighted by Crippen LogP contribution is 2.54. The van der Waals surface area contributed by atoms with Gasteiger partial charge in [-0.25, -0.2) is 19.1 Å². The fourth-order valence-corrected chi connectivity index (χ4v) is 10.8. The highest BCUT2D eigenvalue weighted by atomic mass is 16.6. The second-order valence-electron chi connectivity index (χ2n) is 18.4. The first-order valence-corrected chi connectivity index (χ1v) is 19.7. The van der Waals surface area contributed by atoms with Crippen LogP contribution in [0.2, 0.25) is 0 Å². The SMILES string of the molecule is [C-]#[N+]c1c(C(=O)OC2(C)C(CC(C)C)CC(C)CC2C(C)(C)C)c2nc(C3CCC4CCCCC4C3OC)[nH]n2c1OC1CCC(C)CC1. The van der Waals surface area contributed by atoms with Crippen LogP contribution < -0.4 is 4.74 Å². The molecule has 8 unspecified atom stereocenters. The molecule has 1 N–H and O–H groups in total. The number of H-pyrrole nitrogens is 1. The van der Waals surface area contributed by atoms with Gasteiger partial charge in [0.05, 0.1) is 18.8 Å². The van der Waals surface area contributed by atoms with Crippen LogP contribution in [0.4, 0.5) is 5.69 Å². The number of esters is 1. The smallest absolute Gasteiger partial charge is 0.332 e. The fourth-order valence-electron chi connectivity index (χ4n) is 10.8. The van der Waals surface area contributed by atoms with E-state index in [1.807, 2.05) is 7.11 Å². The topological polar surface area (TPSA) is 82.2 Å². The van der Waals surface area contributed by atoms with E-state index in [-0.39, 0.29) is 46.6 Å². The largest absolute Gasteiger partial charge is 0.483 e. The van der Waals surface area contributed by atoms with Crippen molar-refractivity contribution in [2.75, 3.05) is 7.11 Å².